The fourth-order valence-electron chi connectivity index (χ4n) is 2.88. The number of hydrogen-bond acceptors (Lipinski definition) is 5. The summed E-state index contributed by atoms with van der Waals surface area (Å²) in [7, 11) is 0. The van der Waals surface area contributed by atoms with Gasteiger partial charge in [-0.1, -0.05) is 24.3 Å². The normalized spacial score (nSPS) is 10.2. The Kier molecular flexibility index (Phi) is 5.56. The number of benzene rings is 2. The molecule has 0 aliphatic heterocycles. The van der Waals surface area contributed by atoms with Crippen molar-refractivity contribution in [1.82, 2.24) is 4.98 Å². The Morgan fingerprint density at radius 1 is 1.18 bits per heavy atom. The second-order valence-electron chi connectivity index (χ2n) is 6.31. The molecule has 0 atom stereocenters. The second-order valence-corrected chi connectivity index (χ2v) is 6.31. The molecule has 4 N–H and O–H groups in total. The van der Waals surface area contributed by atoms with Crippen LogP contribution in [0.2, 0.25) is 0 Å². The molecule has 0 unspecified atom stereocenters. The maximum absolute atomic E-state index is 12.5. The van der Waals surface area contributed by atoms with Crippen LogP contribution in [0.4, 0.5) is 17.2 Å². The molecule has 2 aromatic carbocycles. The Morgan fingerprint density at radius 2 is 1.89 bits per heavy atom. The highest BCUT2D eigenvalue weighted by atomic mass is 16.1. The summed E-state index contributed by atoms with van der Waals surface area (Å²) in [6.45, 7) is 4.61. The standard InChI is InChI=1S/C22H21N5O/c1-3-25-20-12-14(2)17(13-23)21(27-20)15-8-10-16(11-9-15)22(28)26-19-7-5-4-6-18(19)24/h4-12H,3,24H2,1-2H3,(H,25,27)(H,26,28). The van der Waals surface area contributed by atoms with Crippen molar-refractivity contribution < 1.29 is 4.79 Å². The summed E-state index contributed by atoms with van der Waals surface area (Å²) >= 11 is 0. The molecular weight excluding hydrogens is 350 g/mol. The van der Waals surface area contributed by atoms with Crippen molar-refractivity contribution in [1.29, 1.82) is 5.26 Å². The summed E-state index contributed by atoms with van der Waals surface area (Å²) in [5, 5.41) is 15.5. The fourth-order valence-corrected chi connectivity index (χ4v) is 2.88. The van der Waals surface area contributed by atoms with Crippen molar-refractivity contribution in [3.05, 3.63) is 71.3 Å². The van der Waals surface area contributed by atoms with Crippen LogP contribution in [0, 0.1) is 18.3 Å². The van der Waals surface area contributed by atoms with Gasteiger partial charge in [0.1, 0.15) is 11.9 Å². The van der Waals surface area contributed by atoms with Crippen molar-refractivity contribution in [2.75, 3.05) is 22.9 Å². The van der Waals surface area contributed by atoms with Gasteiger partial charge in [-0.05, 0) is 49.7 Å². The Labute approximate surface area is 164 Å². The minimum absolute atomic E-state index is 0.254. The molecule has 0 radical (unpaired) electrons. The van der Waals surface area contributed by atoms with Crippen LogP contribution >= 0.6 is 0 Å². The van der Waals surface area contributed by atoms with E-state index in [4.69, 9.17) is 5.73 Å². The number of nitrogens with two attached hydrogens (primary N) is 1. The zero-order valence-electron chi connectivity index (χ0n) is 15.8. The summed E-state index contributed by atoms with van der Waals surface area (Å²) in [5.74, 6) is 0.464. The summed E-state index contributed by atoms with van der Waals surface area (Å²) in [6, 6.07) is 18.2. The van der Waals surface area contributed by atoms with E-state index in [-0.39, 0.29) is 5.91 Å². The first-order valence-electron chi connectivity index (χ1n) is 8.95. The van der Waals surface area contributed by atoms with Crippen LogP contribution in [0.5, 0.6) is 0 Å². The third-order valence-corrected chi connectivity index (χ3v) is 4.32. The molecule has 1 aromatic heterocycles. The highest BCUT2D eigenvalue weighted by molar-refractivity contribution is 6.05. The van der Waals surface area contributed by atoms with Crippen molar-refractivity contribution in [2.45, 2.75) is 13.8 Å². The maximum atomic E-state index is 12.5. The van der Waals surface area contributed by atoms with Crippen molar-refractivity contribution in [2.24, 2.45) is 0 Å². The van der Waals surface area contributed by atoms with E-state index in [1.165, 1.54) is 0 Å². The number of pyridine rings is 1. The van der Waals surface area contributed by atoms with Gasteiger partial charge in [-0.2, -0.15) is 5.26 Å². The zero-order valence-corrected chi connectivity index (χ0v) is 15.8. The number of aryl methyl sites for hydroxylation is 1. The summed E-state index contributed by atoms with van der Waals surface area (Å²) in [6.07, 6.45) is 0. The topological polar surface area (TPSA) is 104 Å². The molecule has 0 saturated carbocycles. The number of nitrogens with one attached hydrogen (secondary N) is 2. The van der Waals surface area contributed by atoms with Crippen molar-refractivity contribution in [3.8, 4) is 17.3 Å². The van der Waals surface area contributed by atoms with Crippen LogP contribution in [0.15, 0.2) is 54.6 Å². The van der Waals surface area contributed by atoms with E-state index in [0.717, 1.165) is 23.5 Å². The molecule has 6 heteroatoms. The molecule has 1 heterocycles. The average Bonchev–Trinajstić information content (AvgIpc) is 2.69. The quantitative estimate of drug-likeness (QED) is 0.583. The molecule has 0 saturated heterocycles. The highest BCUT2D eigenvalue weighted by Gasteiger charge is 2.13. The van der Waals surface area contributed by atoms with E-state index in [9.17, 15) is 10.1 Å². The van der Waals surface area contributed by atoms with Gasteiger partial charge >= 0.3 is 0 Å². The molecule has 6 nitrogen and oxygen atoms in total. The van der Waals surface area contributed by atoms with Gasteiger partial charge in [-0.15, -0.1) is 0 Å². The van der Waals surface area contributed by atoms with Crippen molar-refractivity contribution >= 4 is 23.1 Å². The number of hydrogen-bond donors (Lipinski definition) is 3. The number of nitrogens with zero attached hydrogens (tertiary/aromatic N) is 2. The number of nitrogen functional groups attached to an aromatic ring is 1. The second kappa shape index (κ2) is 8.23. The van der Waals surface area contributed by atoms with E-state index in [1.807, 2.05) is 32.0 Å². The number of anilines is 3. The fraction of sp³-hybridized carbons (Fsp3) is 0.136. The zero-order chi connectivity index (χ0) is 20.1. The van der Waals surface area contributed by atoms with Gasteiger partial charge in [-0.3, -0.25) is 4.79 Å². The number of carbonyl (C=O) groups is 1. The third kappa shape index (κ3) is 3.94. The van der Waals surface area contributed by atoms with Crippen LogP contribution < -0.4 is 16.4 Å². The Hall–Kier alpha value is -3.85. The smallest absolute Gasteiger partial charge is 0.255 e. The molecule has 3 rings (SSSR count). The van der Waals surface area contributed by atoms with Crippen LogP contribution in [0.25, 0.3) is 11.3 Å². The van der Waals surface area contributed by atoms with Crippen molar-refractivity contribution in [3.63, 3.8) is 0 Å². The molecule has 3 aromatic rings. The summed E-state index contributed by atoms with van der Waals surface area (Å²) < 4.78 is 0. The van der Waals surface area contributed by atoms with Crippen LogP contribution in [0.3, 0.4) is 0 Å². The predicted molar refractivity (Wildman–Crippen MR) is 112 cm³/mol. The minimum Gasteiger partial charge on any atom is -0.397 e. The Bertz CT molecular complexity index is 1050. The maximum Gasteiger partial charge on any atom is 0.255 e. The molecule has 0 spiro atoms. The number of amides is 1. The molecule has 0 aliphatic rings. The number of para-hydroxylation sites is 2. The first kappa shape index (κ1) is 18.9. The number of aromatic nitrogens is 1. The largest absolute Gasteiger partial charge is 0.397 e. The molecule has 1 amide bonds. The van der Waals surface area contributed by atoms with Gasteiger partial charge in [0, 0.05) is 17.7 Å². The lowest BCUT2D eigenvalue weighted by Gasteiger charge is -2.11. The van der Waals surface area contributed by atoms with Gasteiger partial charge in [0.2, 0.25) is 0 Å². The van der Waals surface area contributed by atoms with Crippen LogP contribution in [-0.2, 0) is 0 Å². The summed E-state index contributed by atoms with van der Waals surface area (Å²) in [5.41, 5.74) is 10.2. The molecule has 0 aliphatic carbocycles. The lowest BCUT2D eigenvalue weighted by atomic mass is 10.0. The van der Waals surface area contributed by atoms with E-state index in [2.05, 4.69) is 21.7 Å². The summed E-state index contributed by atoms with van der Waals surface area (Å²) in [4.78, 5) is 17.1. The number of rotatable bonds is 5. The number of nitriles is 1. The molecule has 0 bridgehead atoms. The third-order valence-electron chi connectivity index (χ3n) is 4.32. The first-order valence-corrected chi connectivity index (χ1v) is 8.95. The monoisotopic (exact) mass is 371 g/mol. The molecule has 28 heavy (non-hydrogen) atoms. The van der Waals surface area contributed by atoms with E-state index >= 15 is 0 Å². The lowest BCUT2D eigenvalue weighted by Crippen LogP contribution is -2.13. The van der Waals surface area contributed by atoms with Gasteiger partial charge < -0.3 is 16.4 Å². The lowest BCUT2D eigenvalue weighted by molar-refractivity contribution is 0.102. The van der Waals surface area contributed by atoms with E-state index in [0.29, 0.717) is 28.2 Å². The predicted octanol–water partition coefficient (Wildman–Crippen LogP) is 4.20. The van der Waals surface area contributed by atoms with Gasteiger partial charge in [0.25, 0.3) is 5.91 Å². The Morgan fingerprint density at radius 3 is 2.54 bits per heavy atom. The molecule has 140 valence electrons. The van der Waals surface area contributed by atoms with Gasteiger partial charge in [0.15, 0.2) is 0 Å². The van der Waals surface area contributed by atoms with Gasteiger partial charge in [-0.25, -0.2) is 4.98 Å². The minimum atomic E-state index is -0.254. The molecular formula is C22H21N5O. The van der Waals surface area contributed by atoms with E-state index in [1.54, 1.807) is 36.4 Å². The van der Waals surface area contributed by atoms with Crippen LogP contribution in [-0.4, -0.2) is 17.4 Å². The first-order chi connectivity index (χ1) is 13.5. The molecule has 0 fully saturated rings. The number of carbonyl (C=O) groups excluding carboxylic acids is 1. The average molecular weight is 371 g/mol. The Balaban J connectivity index is 1.90. The van der Waals surface area contributed by atoms with Crippen LogP contribution in [0.1, 0.15) is 28.4 Å². The SMILES string of the molecule is CCNc1cc(C)c(C#N)c(-c2ccc(C(=O)Nc3ccccc3N)cc2)n1. The van der Waals surface area contributed by atoms with Gasteiger partial charge in [0.05, 0.1) is 22.6 Å². The van der Waals surface area contributed by atoms with E-state index < -0.39 is 0 Å². The highest BCUT2D eigenvalue weighted by Crippen LogP contribution is 2.27.